The Bertz CT molecular complexity index is 100. The number of hydrogen-bond donors (Lipinski definition) is 1. The summed E-state index contributed by atoms with van der Waals surface area (Å²) in [5, 5.41) is 8.47. The van der Waals surface area contributed by atoms with Gasteiger partial charge in [-0.2, -0.15) is 0 Å². The second-order valence-electron chi connectivity index (χ2n) is 2.27. The molecule has 0 spiro atoms. The van der Waals surface area contributed by atoms with E-state index in [4.69, 9.17) is 9.84 Å². The number of ether oxygens (including phenoxy) is 1. The van der Waals surface area contributed by atoms with Gasteiger partial charge in [0.1, 0.15) is 0 Å². The first kappa shape index (κ1) is 10.4. The molecule has 0 heterocycles. The lowest BCUT2D eigenvalue weighted by Crippen LogP contribution is -2.13. The van der Waals surface area contributed by atoms with Crippen LogP contribution in [-0.2, 0) is 4.74 Å². The van der Waals surface area contributed by atoms with E-state index in [0.717, 1.165) is 12.8 Å². The molecule has 0 saturated carbocycles. The van der Waals surface area contributed by atoms with Crippen LogP contribution in [0.25, 0.3) is 0 Å². The molecular formula is C9H16O2. The van der Waals surface area contributed by atoms with E-state index in [1.165, 1.54) is 0 Å². The van der Waals surface area contributed by atoms with Crippen molar-refractivity contribution in [2.75, 3.05) is 13.2 Å². The van der Waals surface area contributed by atoms with Gasteiger partial charge in [-0.25, -0.2) is 0 Å². The first-order valence-corrected chi connectivity index (χ1v) is 3.79. The van der Waals surface area contributed by atoms with Crippen molar-refractivity contribution >= 4 is 0 Å². The third-order valence-electron chi connectivity index (χ3n) is 1.30. The highest BCUT2D eigenvalue weighted by Gasteiger charge is 2.02. The van der Waals surface area contributed by atoms with Gasteiger partial charge >= 0.3 is 0 Å². The van der Waals surface area contributed by atoms with Gasteiger partial charge in [-0.3, -0.25) is 0 Å². The normalized spacial score (nSPS) is 10.0. The van der Waals surface area contributed by atoms with Crippen molar-refractivity contribution in [1.82, 2.24) is 0 Å². The Kier molecular flexibility index (Phi) is 7.10. The molecule has 0 aromatic rings. The van der Waals surface area contributed by atoms with E-state index in [9.17, 15) is 0 Å². The van der Waals surface area contributed by atoms with Gasteiger partial charge in [0.2, 0.25) is 0 Å². The van der Waals surface area contributed by atoms with E-state index >= 15 is 0 Å². The Morgan fingerprint density at radius 3 is 2.18 bits per heavy atom. The van der Waals surface area contributed by atoms with Crippen molar-refractivity contribution in [3.63, 3.8) is 0 Å². The maximum Gasteiger partial charge on any atom is 0.0701 e. The van der Waals surface area contributed by atoms with Gasteiger partial charge in [0, 0.05) is 0 Å². The van der Waals surface area contributed by atoms with E-state index in [0.29, 0.717) is 6.61 Å². The number of rotatable bonds is 7. The molecule has 0 rings (SSSR count). The summed E-state index contributed by atoms with van der Waals surface area (Å²) in [6.45, 7) is 7.70. The summed E-state index contributed by atoms with van der Waals surface area (Å²) in [6.07, 6.45) is 5.38. The fraction of sp³-hybridized carbons (Fsp3) is 0.556. The van der Waals surface area contributed by atoms with Crippen LogP contribution in [-0.4, -0.2) is 24.4 Å². The summed E-state index contributed by atoms with van der Waals surface area (Å²) in [5.74, 6) is 0. The van der Waals surface area contributed by atoms with Gasteiger partial charge in [-0.05, 0) is 12.8 Å². The van der Waals surface area contributed by atoms with Crippen LogP contribution in [0.3, 0.4) is 0 Å². The molecule has 0 aliphatic heterocycles. The van der Waals surface area contributed by atoms with Crippen LogP contribution in [0, 0.1) is 0 Å². The summed E-state index contributed by atoms with van der Waals surface area (Å²) < 4.78 is 5.28. The van der Waals surface area contributed by atoms with Crippen molar-refractivity contribution in [1.29, 1.82) is 0 Å². The van der Waals surface area contributed by atoms with E-state index in [-0.39, 0.29) is 12.7 Å². The van der Waals surface area contributed by atoms with Gasteiger partial charge in [0.05, 0.1) is 19.3 Å². The van der Waals surface area contributed by atoms with E-state index < -0.39 is 0 Å². The Hall–Kier alpha value is -0.600. The summed E-state index contributed by atoms with van der Waals surface area (Å²) in [5.41, 5.74) is 0. The summed E-state index contributed by atoms with van der Waals surface area (Å²) in [7, 11) is 0. The lowest BCUT2D eigenvalue weighted by atomic mass is 10.2. The minimum atomic E-state index is 0.0742. The molecule has 0 aliphatic carbocycles. The Balaban J connectivity index is 3.49. The Morgan fingerprint density at radius 1 is 1.27 bits per heavy atom. The molecular weight excluding hydrogens is 140 g/mol. The summed E-state index contributed by atoms with van der Waals surface area (Å²) >= 11 is 0. The molecule has 1 N–H and O–H groups in total. The lowest BCUT2D eigenvalue weighted by molar-refractivity contribution is 0.0323. The number of hydrogen-bond acceptors (Lipinski definition) is 2. The molecule has 64 valence electrons. The molecule has 0 bridgehead atoms. The molecule has 0 aromatic carbocycles. The first-order valence-electron chi connectivity index (χ1n) is 3.79. The number of aliphatic hydroxyl groups excluding tert-OH is 1. The highest BCUT2D eigenvalue weighted by molar-refractivity contribution is 4.80. The van der Waals surface area contributed by atoms with Crippen LogP contribution in [0.2, 0.25) is 0 Å². The Morgan fingerprint density at radius 2 is 1.82 bits per heavy atom. The zero-order valence-electron chi connectivity index (χ0n) is 6.83. The minimum absolute atomic E-state index is 0.0742. The molecule has 0 amide bonds. The predicted molar refractivity (Wildman–Crippen MR) is 46.5 cm³/mol. The van der Waals surface area contributed by atoms with Crippen molar-refractivity contribution in [2.24, 2.45) is 0 Å². The van der Waals surface area contributed by atoms with Crippen LogP contribution in [0.5, 0.6) is 0 Å². The first-order chi connectivity index (χ1) is 5.35. The maximum atomic E-state index is 8.47. The highest BCUT2D eigenvalue weighted by Crippen LogP contribution is 2.04. The zero-order chi connectivity index (χ0) is 8.53. The van der Waals surface area contributed by atoms with Crippen molar-refractivity contribution in [3.8, 4) is 0 Å². The zero-order valence-corrected chi connectivity index (χ0v) is 6.83. The highest BCUT2D eigenvalue weighted by atomic mass is 16.5. The van der Waals surface area contributed by atoms with Crippen molar-refractivity contribution < 1.29 is 9.84 Å². The molecule has 11 heavy (non-hydrogen) atoms. The molecule has 0 fully saturated rings. The minimum Gasteiger partial charge on any atom is -0.394 e. The summed E-state index contributed by atoms with van der Waals surface area (Å²) in [4.78, 5) is 0. The largest absolute Gasteiger partial charge is 0.394 e. The summed E-state index contributed by atoms with van der Waals surface area (Å²) in [6, 6.07) is 0. The van der Waals surface area contributed by atoms with E-state index in [1.54, 1.807) is 0 Å². The Labute approximate surface area is 68.2 Å². The molecule has 2 nitrogen and oxygen atoms in total. The fourth-order valence-corrected chi connectivity index (χ4v) is 0.823. The third kappa shape index (κ3) is 5.83. The van der Waals surface area contributed by atoms with Crippen molar-refractivity contribution in [3.05, 3.63) is 25.3 Å². The SMILES string of the molecule is C=CCC(CC=C)OCCO. The molecule has 2 heteroatoms. The van der Waals surface area contributed by atoms with Gasteiger partial charge in [0.15, 0.2) is 0 Å². The van der Waals surface area contributed by atoms with Crippen LogP contribution in [0.4, 0.5) is 0 Å². The van der Waals surface area contributed by atoms with E-state index in [1.807, 2.05) is 12.2 Å². The molecule has 0 saturated heterocycles. The second kappa shape index (κ2) is 7.51. The lowest BCUT2D eigenvalue weighted by Gasteiger charge is -2.12. The monoisotopic (exact) mass is 156 g/mol. The quantitative estimate of drug-likeness (QED) is 0.566. The fourth-order valence-electron chi connectivity index (χ4n) is 0.823. The third-order valence-corrected chi connectivity index (χ3v) is 1.30. The standard InChI is InChI=1S/C9H16O2/c1-3-5-9(6-4-2)11-8-7-10/h3-4,9-10H,1-2,5-8H2. The van der Waals surface area contributed by atoms with Gasteiger partial charge in [-0.15, -0.1) is 13.2 Å². The molecule has 0 aromatic heterocycles. The maximum absolute atomic E-state index is 8.47. The smallest absolute Gasteiger partial charge is 0.0701 e. The second-order valence-corrected chi connectivity index (χ2v) is 2.27. The molecule has 0 radical (unpaired) electrons. The molecule has 0 atom stereocenters. The van der Waals surface area contributed by atoms with Crippen LogP contribution in [0.1, 0.15) is 12.8 Å². The van der Waals surface area contributed by atoms with Crippen molar-refractivity contribution in [2.45, 2.75) is 18.9 Å². The average molecular weight is 156 g/mol. The topological polar surface area (TPSA) is 29.5 Å². The molecule has 0 unspecified atom stereocenters. The van der Waals surface area contributed by atoms with Gasteiger partial charge < -0.3 is 9.84 Å². The van der Waals surface area contributed by atoms with Crippen LogP contribution >= 0.6 is 0 Å². The van der Waals surface area contributed by atoms with Crippen LogP contribution in [0.15, 0.2) is 25.3 Å². The molecule has 0 aliphatic rings. The average Bonchev–Trinajstić information content (AvgIpc) is 2.01. The number of aliphatic hydroxyl groups is 1. The van der Waals surface area contributed by atoms with Gasteiger partial charge in [0.25, 0.3) is 0 Å². The van der Waals surface area contributed by atoms with E-state index in [2.05, 4.69) is 13.2 Å². The predicted octanol–water partition coefficient (Wildman–Crippen LogP) is 1.52. The van der Waals surface area contributed by atoms with Gasteiger partial charge in [-0.1, -0.05) is 12.2 Å². The van der Waals surface area contributed by atoms with Crippen LogP contribution < -0.4 is 0 Å².